The fraction of sp³-hybridized carbons (Fsp3) is 0.111. The quantitative estimate of drug-likeness (QED) is 0.762. The first kappa shape index (κ1) is 9.43. The predicted molar refractivity (Wildman–Crippen MR) is 56.3 cm³/mol. The van der Waals surface area contributed by atoms with Crippen molar-refractivity contribution in [1.82, 2.24) is 4.98 Å². The van der Waals surface area contributed by atoms with Crippen molar-refractivity contribution in [2.75, 3.05) is 0 Å². The van der Waals surface area contributed by atoms with E-state index in [1.54, 1.807) is 0 Å². The lowest BCUT2D eigenvalue weighted by Gasteiger charge is -1.99. The predicted octanol–water partition coefficient (Wildman–Crippen LogP) is 2.96. The topological polar surface area (TPSA) is 50.2 Å². The Hall–Kier alpha value is -1.13. The lowest BCUT2D eigenvalue weighted by molar-refractivity contribution is 0.0698. The molecule has 0 aromatic carbocycles. The van der Waals surface area contributed by atoms with Gasteiger partial charge in [0.1, 0.15) is 5.15 Å². The molecule has 0 unspecified atom stereocenters. The molecule has 0 fully saturated rings. The number of halogens is 1. The second kappa shape index (κ2) is 3.22. The molecular weight excluding hydrogens is 222 g/mol. The molecule has 0 spiro atoms. The van der Waals surface area contributed by atoms with E-state index < -0.39 is 5.97 Å². The first-order valence-electron chi connectivity index (χ1n) is 3.87. The number of pyridine rings is 1. The Morgan fingerprint density at radius 2 is 2.36 bits per heavy atom. The van der Waals surface area contributed by atoms with Gasteiger partial charge in [-0.25, -0.2) is 9.78 Å². The molecule has 0 saturated carbocycles. The Labute approximate surface area is 89.0 Å². The van der Waals surface area contributed by atoms with Gasteiger partial charge in [-0.1, -0.05) is 11.6 Å². The molecule has 1 N–H and O–H groups in total. The molecule has 2 aromatic rings. The highest BCUT2D eigenvalue weighted by Gasteiger charge is 2.14. The van der Waals surface area contributed by atoms with Gasteiger partial charge in [-0.05, 0) is 17.9 Å². The third-order valence-corrected chi connectivity index (χ3v) is 3.47. The number of rotatable bonds is 1. The summed E-state index contributed by atoms with van der Waals surface area (Å²) in [5.74, 6) is -0.972. The summed E-state index contributed by atoms with van der Waals surface area (Å²) in [5, 5.41) is 11.9. The monoisotopic (exact) mass is 227 g/mol. The van der Waals surface area contributed by atoms with Crippen molar-refractivity contribution in [2.24, 2.45) is 0 Å². The SMILES string of the molecule is Cc1csc2c(Cl)ncc(C(=O)O)c12. The van der Waals surface area contributed by atoms with E-state index in [2.05, 4.69) is 4.98 Å². The highest BCUT2D eigenvalue weighted by molar-refractivity contribution is 7.18. The van der Waals surface area contributed by atoms with Crippen LogP contribution in [0.3, 0.4) is 0 Å². The molecule has 0 aliphatic heterocycles. The maximum Gasteiger partial charge on any atom is 0.337 e. The van der Waals surface area contributed by atoms with Crippen molar-refractivity contribution in [3.05, 3.63) is 27.9 Å². The van der Waals surface area contributed by atoms with Crippen LogP contribution in [0.15, 0.2) is 11.6 Å². The molecule has 0 amide bonds. The van der Waals surface area contributed by atoms with E-state index in [-0.39, 0.29) is 5.56 Å². The molecule has 2 heterocycles. The number of carboxylic acid groups (broad SMARTS) is 1. The number of thiophene rings is 1. The lowest BCUT2D eigenvalue weighted by atomic mass is 10.1. The Morgan fingerprint density at radius 3 is 3.00 bits per heavy atom. The lowest BCUT2D eigenvalue weighted by Crippen LogP contribution is -1.98. The van der Waals surface area contributed by atoms with Crippen LogP contribution in [0, 0.1) is 6.92 Å². The van der Waals surface area contributed by atoms with Crippen molar-refractivity contribution in [1.29, 1.82) is 0 Å². The van der Waals surface area contributed by atoms with Crippen LogP contribution in [-0.4, -0.2) is 16.1 Å². The number of aromatic carboxylic acids is 1. The summed E-state index contributed by atoms with van der Waals surface area (Å²) in [4.78, 5) is 14.7. The molecule has 2 aromatic heterocycles. The number of aromatic nitrogens is 1. The molecule has 5 heteroatoms. The molecule has 0 radical (unpaired) electrons. The fourth-order valence-corrected chi connectivity index (χ4v) is 2.57. The van der Waals surface area contributed by atoms with E-state index >= 15 is 0 Å². The molecular formula is C9H6ClNO2S. The van der Waals surface area contributed by atoms with Gasteiger partial charge >= 0.3 is 5.97 Å². The van der Waals surface area contributed by atoms with Crippen molar-refractivity contribution in [2.45, 2.75) is 6.92 Å². The summed E-state index contributed by atoms with van der Waals surface area (Å²) in [6.07, 6.45) is 1.30. The number of nitrogens with zero attached hydrogens (tertiary/aromatic N) is 1. The minimum atomic E-state index is -0.972. The van der Waals surface area contributed by atoms with Gasteiger partial charge < -0.3 is 5.11 Å². The smallest absolute Gasteiger partial charge is 0.337 e. The average Bonchev–Trinajstić information content (AvgIpc) is 2.50. The largest absolute Gasteiger partial charge is 0.478 e. The summed E-state index contributed by atoms with van der Waals surface area (Å²) in [7, 11) is 0. The van der Waals surface area contributed by atoms with Gasteiger partial charge in [0, 0.05) is 11.6 Å². The number of hydrogen-bond donors (Lipinski definition) is 1. The molecule has 72 valence electrons. The molecule has 0 aliphatic carbocycles. The Balaban J connectivity index is 2.92. The van der Waals surface area contributed by atoms with Crippen LogP contribution >= 0.6 is 22.9 Å². The van der Waals surface area contributed by atoms with Crippen molar-refractivity contribution in [3.8, 4) is 0 Å². The number of carboxylic acids is 1. The highest BCUT2D eigenvalue weighted by Crippen LogP contribution is 2.32. The van der Waals surface area contributed by atoms with E-state index in [0.717, 1.165) is 10.3 Å². The van der Waals surface area contributed by atoms with Gasteiger partial charge in [0.15, 0.2) is 0 Å². The Bertz CT molecular complexity index is 521. The fourth-order valence-electron chi connectivity index (χ4n) is 1.34. The average molecular weight is 228 g/mol. The number of hydrogen-bond acceptors (Lipinski definition) is 3. The zero-order chi connectivity index (χ0) is 10.3. The third kappa shape index (κ3) is 1.27. The minimum absolute atomic E-state index is 0.211. The highest BCUT2D eigenvalue weighted by atomic mass is 35.5. The van der Waals surface area contributed by atoms with Gasteiger partial charge in [-0.15, -0.1) is 11.3 Å². The molecule has 0 bridgehead atoms. The molecule has 2 rings (SSSR count). The normalized spacial score (nSPS) is 10.7. The molecule has 0 saturated heterocycles. The van der Waals surface area contributed by atoms with Crippen molar-refractivity contribution >= 4 is 39.0 Å². The van der Waals surface area contributed by atoms with E-state index in [9.17, 15) is 4.79 Å². The van der Waals surface area contributed by atoms with Gasteiger partial charge in [0.25, 0.3) is 0 Å². The van der Waals surface area contributed by atoms with Crippen LogP contribution in [0.1, 0.15) is 15.9 Å². The van der Waals surface area contributed by atoms with E-state index in [1.165, 1.54) is 17.5 Å². The first-order valence-corrected chi connectivity index (χ1v) is 5.12. The zero-order valence-electron chi connectivity index (χ0n) is 7.24. The van der Waals surface area contributed by atoms with Crippen LogP contribution in [-0.2, 0) is 0 Å². The number of fused-ring (bicyclic) bond motifs is 1. The maximum absolute atomic E-state index is 10.9. The van der Waals surface area contributed by atoms with Crippen LogP contribution in [0.5, 0.6) is 0 Å². The van der Waals surface area contributed by atoms with Crippen LogP contribution in [0.2, 0.25) is 5.15 Å². The Kier molecular flexibility index (Phi) is 2.17. The van der Waals surface area contributed by atoms with Gasteiger partial charge in [-0.3, -0.25) is 0 Å². The standard InChI is InChI=1S/C9H6ClNO2S/c1-4-3-14-7-6(4)5(9(12)13)2-11-8(7)10/h2-3H,1H3,(H,12,13). The summed E-state index contributed by atoms with van der Waals surface area (Å²) >= 11 is 7.27. The van der Waals surface area contributed by atoms with Crippen LogP contribution in [0.4, 0.5) is 0 Å². The van der Waals surface area contributed by atoms with E-state index in [4.69, 9.17) is 16.7 Å². The summed E-state index contributed by atoms with van der Waals surface area (Å²) in [6.45, 7) is 1.86. The summed E-state index contributed by atoms with van der Waals surface area (Å²) in [6, 6.07) is 0. The van der Waals surface area contributed by atoms with Crippen molar-refractivity contribution < 1.29 is 9.90 Å². The second-order valence-electron chi connectivity index (χ2n) is 2.89. The number of aryl methyl sites for hydroxylation is 1. The summed E-state index contributed by atoms with van der Waals surface area (Å²) < 4.78 is 0.740. The van der Waals surface area contributed by atoms with E-state index in [0.29, 0.717) is 10.5 Å². The first-order chi connectivity index (χ1) is 6.61. The molecule has 0 atom stereocenters. The molecule has 0 aliphatic rings. The molecule has 3 nitrogen and oxygen atoms in total. The number of carbonyl (C=O) groups is 1. The van der Waals surface area contributed by atoms with Crippen LogP contribution < -0.4 is 0 Å². The Morgan fingerprint density at radius 1 is 1.64 bits per heavy atom. The van der Waals surface area contributed by atoms with Gasteiger partial charge in [-0.2, -0.15) is 0 Å². The molecule has 14 heavy (non-hydrogen) atoms. The van der Waals surface area contributed by atoms with Crippen molar-refractivity contribution in [3.63, 3.8) is 0 Å². The third-order valence-electron chi connectivity index (χ3n) is 1.97. The van der Waals surface area contributed by atoms with Gasteiger partial charge in [0.2, 0.25) is 0 Å². The maximum atomic E-state index is 10.9. The van der Waals surface area contributed by atoms with Crippen LogP contribution in [0.25, 0.3) is 10.1 Å². The van der Waals surface area contributed by atoms with Gasteiger partial charge in [0.05, 0.1) is 10.3 Å². The zero-order valence-corrected chi connectivity index (χ0v) is 8.82. The minimum Gasteiger partial charge on any atom is -0.478 e. The van der Waals surface area contributed by atoms with E-state index in [1.807, 2.05) is 12.3 Å². The second-order valence-corrected chi connectivity index (χ2v) is 4.13. The summed E-state index contributed by atoms with van der Waals surface area (Å²) in [5.41, 5.74) is 1.13.